The van der Waals surface area contributed by atoms with E-state index in [0.29, 0.717) is 0 Å². The quantitative estimate of drug-likeness (QED) is 0.858. The molecule has 142 valence electrons. The molecule has 0 aliphatic carbocycles. The molecule has 2 amide bonds. The number of nitrogens with one attached hydrogen (secondary N) is 1. The highest BCUT2D eigenvalue weighted by molar-refractivity contribution is 6.01. The third-order valence-corrected chi connectivity index (χ3v) is 4.72. The molecule has 0 spiro atoms. The van der Waals surface area contributed by atoms with Gasteiger partial charge in [0.2, 0.25) is 5.91 Å². The van der Waals surface area contributed by atoms with E-state index in [0.717, 1.165) is 24.3 Å². The number of nitrogens with two attached hydrogens (primary N) is 1. The topological polar surface area (TPSA) is 81.4 Å². The average molecular weight is 378 g/mol. The van der Waals surface area contributed by atoms with Crippen LogP contribution in [0.15, 0.2) is 36.4 Å². The number of halogens is 3. The van der Waals surface area contributed by atoms with Gasteiger partial charge in [0.25, 0.3) is 5.91 Å². The summed E-state index contributed by atoms with van der Waals surface area (Å²) in [6.45, 7) is 0.445. The van der Waals surface area contributed by atoms with Crippen molar-refractivity contribution in [1.29, 1.82) is 0 Å². The predicted molar refractivity (Wildman–Crippen MR) is 91.6 cm³/mol. The number of benzene rings is 2. The Morgan fingerprint density at radius 2 is 1.70 bits per heavy atom. The zero-order chi connectivity index (χ0) is 19.6. The monoisotopic (exact) mass is 378 g/mol. The first-order valence-electron chi connectivity index (χ1n) is 8.27. The van der Waals surface area contributed by atoms with Gasteiger partial charge >= 0.3 is 0 Å². The molecule has 1 aliphatic rings. The van der Waals surface area contributed by atoms with Crippen LogP contribution in [0.2, 0.25) is 0 Å². The van der Waals surface area contributed by atoms with Crippen molar-refractivity contribution < 1.29 is 27.5 Å². The second kappa shape index (κ2) is 7.40. The number of anilines is 1. The van der Waals surface area contributed by atoms with Gasteiger partial charge in [-0.25, -0.2) is 13.2 Å². The number of carbonyl (C=O) groups is 2. The van der Waals surface area contributed by atoms with Gasteiger partial charge in [-0.1, -0.05) is 6.07 Å². The summed E-state index contributed by atoms with van der Waals surface area (Å²) in [5.74, 6) is -3.93. The van der Waals surface area contributed by atoms with E-state index in [2.05, 4.69) is 5.32 Å². The molecule has 27 heavy (non-hydrogen) atoms. The minimum Gasteiger partial charge on any atom is -0.381 e. The van der Waals surface area contributed by atoms with Crippen LogP contribution in [0.1, 0.15) is 28.8 Å². The summed E-state index contributed by atoms with van der Waals surface area (Å²) in [6.07, 6.45) is 0.372. The van der Waals surface area contributed by atoms with Crippen molar-refractivity contribution >= 4 is 17.5 Å². The van der Waals surface area contributed by atoms with Crippen LogP contribution in [-0.2, 0) is 14.9 Å². The maximum absolute atomic E-state index is 14.4. The van der Waals surface area contributed by atoms with Gasteiger partial charge in [-0.2, -0.15) is 0 Å². The molecule has 5 nitrogen and oxygen atoms in total. The number of ether oxygens (including phenoxy) is 1. The first-order valence-corrected chi connectivity index (χ1v) is 8.27. The number of rotatable bonds is 4. The van der Waals surface area contributed by atoms with Crippen molar-refractivity contribution in [2.75, 3.05) is 18.5 Å². The maximum atomic E-state index is 14.4. The lowest BCUT2D eigenvalue weighted by atomic mass is 9.73. The van der Waals surface area contributed by atoms with Gasteiger partial charge in [0.1, 0.15) is 17.5 Å². The van der Waals surface area contributed by atoms with E-state index in [1.165, 1.54) is 12.1 Å². The largest absolute Gasteiger partial charge is 0.381 e. The molecule has 0 unspecified atom stereocenters. The third kappa shape index (κ3) is 3.66. The fraction of sp³-hybridized carbons (Fsp3) is 0.263. The molecule has 1 fully saturated rings. The van der Waals surface area contributed by atoms with Crippen molar-refractivity contribution in [3.8, 4) is 0 Å². The molecule has 0 aromatic heterocycles. The minimum absolute atomic E-state index is 0.0573. The predicted octanol–water partition coefficient (Wildman–Crippen LogP) is 2.89. The Kier molecular flexibility index (Phi) is 5.18. The molecule has 1 saturated heterocycles. The Hall–Kier alpha value is -2.87. The van der Waals surface area contributed by atoms with Crippen molar-refractivity contribution in [1.82, 2.24) is 0 Å². The number of hydrogen-bond donors (Lipinski definition) is 2. The van der Waals surface area contributed by atoms with E-state index in [9.17, 15) is 22.8 Å². The lowest BCUT2D eigenvalue weighted by Crippen LogP contribution is -2.45. The third-order valence-electron chi connectivity index (χ3n) is 4.72. The van der Waals surface area contributed by atoms with Crippen molar-refractivity contribution in [3.05, 3.63) is 65.0 Å². The van der Waals surface area contributed by atoms with Crippen LogP contribution < -0.4 is 11.1 Å². The summed E-state index contributed by atoms with van der Waals surface area (Å²) in [4.78, 5) is 24.3. The number of primary amides is 1. The lowest BCUT2D eigenvalue weighted by Gasteiger charge is -2.36. The van der Waals surface area contributed by atoms with Gasteiger partial charge in [0, 0.05) is 30.5 Å². The molecule has 2 aromatic carbocycles. The van der Waals surface area contributed by atoms with E-state index >= 15 is 0 Å². The van der Waals surface area contributed by atoms with Crippen molar-refractivity contribution in [2.45, 2.75) is 18.3 Å². The van der Waals surface area contributed by atoms with E-state index in [1.54, 1.807) is 0 Å². The normalized spacial score (nSPS) is 16.0. The summed E-state index contributed by atoms with van der Waals surface area (Å²) >= 11 is 0. The summed E-state index contributed by atoms with van der Waals surface area (Å²) < 4.78 is 46.6. The van der Waals surface area contributed by atoms with Gasteiger partial charge in [-0.3, -0.25) is 9.59 Å². The second-order valence-electron chi connectivity index (χ2n) is 6.33. The molecule has 0 atom stereocenters. The van der Waals surface area contributed by atoms with Gasteiger partial charge in [-0.05, 0) is 37.1 Å². The Morgan fingerprint density at radius 1 is 1.00 bits per heavy atom. The molecule has 8 heteroatoms. The summed E-state index contributed by atoms with van der Waals surface area (Å²) in [7, 11) is 0. The van der Waals surface area contributed by atoms with Crippen LogP contribution in [0.3, 0.4) is 0 Å². The van der Waals surface area contributed by atoms with E-state index in [4.69, 9.17) is 10.5 Å². The standard InChI is InChI=1S/C19H17F3N2O3/c20-11-1-3-14(16(22)9-11)19(5-7-27-8-6-19)18(26)24-12-2-4-15(21)13(10-12)17(23)25/h1-4,9-10H,5-8H2,(H2,23,25)(H,24,26). The highest BCUT2D eigenvalue weighted by atomic mass is 19.1. The average Bonchev–Trinajstić information content (AvgIpc) is 2.63. The van der Waals surface area contributed by atoms with Gasteiger partial charge in [0.15, 0.2) is 0 Å². The summed E-state index contributed by atoms with van der Waals surface area (Å²) in [5.41, 5.74) is 3.66. The Labute approximate surface area is 153 Å². The molecule has 0 saturated carbocycles. The molecule has 3 N–H and O–H groups in total. The van der Waals surface area contributed by atoms with Crippen LogP contribution in [0.5, 0.6) is 0 Å². The lowest BCUT2D eigenvalue weighted by molar-refractivity contribution is -0.125. The van der Waals surface area contributed by atoms with E-state index in [-0.39, 0.29) is 42.9 Å². The number of amides is 2. The highest BCUT2D eigenvalue weighted by Crippen LogP contribution is 2.38. The molecule has 0 radical (unpaired) electrons. The van der Waals surface area contributed by atoms with Crippen molar-refractivity contribution in [2.24, 2.45) is 5.73 Å². The van der Waals surface area contributed by atoms with E-state index in [1.807, 2.05) is 0 Å². The van der Waals surface area contributed by atoms with Crippen LogP contribution in [-0.4, -0.2) is 25.0 Å². The van der Waals surface area contributed by atoms with Crippen LogP contribution in [0.4, 0.5) is 18.9 Å². The Balaban J connectivity index is 1.97. The van der Waals surface area contributed by atoms with E-state index < -0.39 is 34.7 Å². The fourth-order valence-corrected chi connectivity index (χ4v) is 3.26. The first-order chi connectivity index (χ1) is 12.8. The molecule has 3 rings (SSSR count). The molecule has 2 aromatic rings. The maximum Gasteiger partial charge on any atom is 0.251 e. The zero-order valence-corrected chi connectivity index (χ0v) is 14.2. The number of carbonyl (C=O) groups excluding carboxylic acids is 2. The fourth-order valence-electron chi connectivity index (χ4n) is 3.26. The molecule has 1 heterocycles. The summed E-state index contributed by atoms with van der Waals surface area (Å²) in [6, 6.07) is 6.45. The SMILES string of the molecule is NC(=O)c1cc(NC(=O)C2(c3ccc(F)cc3F)CCOCC2)ccc1F. The molecular formula is C19H17F3N2O3. The van der Waals surface area contributed by atoms with Crippen molar-refractivity contribution in [3.63, 3.8) is 0 Å². The molecular weight excluding hydrogens is 361 g/mol. The van der Waals surface area contributed by atoms with Crippen LogP contribution in [0, 0.1) is 17.5 Å². The summed E-state index contributed by atoms with van der Waals surface area (Å²) in [5, 5.41) is 2.59. The Morgan fingerprint density at radius 3 is 2.33 bits per heavy atom. The van der Waals surface area contributed by atoms with Gasteiger partial charge < -0.3 is 15.8 Å². The smallest absolute Gasteiger partial charge is 0.251 e. The molecule has 1 aliphatic heterocycles. The Bertz CT molecular complexity index is 896. The van der Waals surface area contributed by atoms with Gasteiger partial charge in [0.05, 0.1) is 11.0 Å². The highest BCUT2D eigenvalue weighted by Gasteiger charge is 2.43. The van der Waals surface area contributed by atoms with Crippen LogP contribution >= 0.6 is 0 Å². The zero-order valence-electron chi connectivity index (χ0n) is 14.2. The minimum atomic E-state index is -1.28. The first kappa shape index (κ1) is 18.9. The molecule has 0 bridgehead atoms. The number of hydrogen-bond acceptors (Lipinski definition) is 3. The van der Waals surface area contributed by atoms with Crippen LogP contribution in [0.25, 0.3) is 0 Å². The second-order valence-corrected chi connectivity index (χ2v) is 6.33. The van der Waals surface area contributed by atoms with Gasteiger partial charge in [-0.15, -0.1) is 0 Å².